The molecule has 4 heteroatoms. The first-order chi connectivity index (χ1) is 12.7. The quantitative estimate of drug-likeness (QED) is 0.748. The number of piperidine rings is 1. The molecule has 0 radical (unpaired) electrons. The number of nitrogens with zero attached hydrogens (tertiary/aromatic N) is 1. The van der Waals surface area contributed by atoms with Crippen LogP contribution >= 0.6 is 0 Å². The summed E-state index contributed by atoms with van der Waals surface area (Å²) in [5, 5.41) is 6.16. The van der Waals surface area contributed by atoms with Gasteiger partial charge in [-0.15, -0.1) is 0 Å². The Bertz CT molecular complexity index is 676. The Hall–Kier alpha value is -2.33. The van der Waals surface area contributed by atoms with Crippen molar-refractivity contribution in [1.82, 2.24) is 5.32 Å². The summed E-state index contributed by atoms with van der Waals surface area (Å²) >= 11 is 0. The molecule has 0 atom stereocenters. The van der Waals surface area contributed by atoms with Crippen molar-refractivity contribution in [2.75, 3.05) is 36.4 Å². The first-order valence-electron chi connectivity index (χ1n) is 9.60. The molecule has 26 heavy (non-hydrogen) atoms. The summed E-state index contributed by atoms with van der Waals surface area (Å²) in [4.78, 5) is 14.5. The minimum Gasteiger partial charge on any atom is -0.372 e. The fourth-order valence-corrected chi connectivity index (χ4v) is 3.31. The zero-order chi connectivity index (χ0) is 18.2. The van der Waals surface area contributed by atoms with Gasteiger partial charge in [-0.3, -0.25) is 4.79 Å². The van der Waals surface area contributed by atoms with E-state index in [1.807, 2.05) is 30.3 Å². The van der Waals surface area contributed by atoms with Crippen molar-refractivity contribution >= 4 is 17.3 Å². The number of benzene rings is 2. The Morgan fingerprint density at radius 1 is 1.04 bits per heavy atom. The highest BCUT2D eigenvalue weighted by molar-refractivity contribution is 5.92. The van der Waals surface area contributed by atoms with Crippen molar-refractivity contribution in [1.29, 1.82) is 0 Å². The van der Waals surface area contributed by atoms with E-state index < -0.39 is 0 Å². The highest BCUT2D eigenvalue weighted by Crippen LogP contribution is 2.24. The summed E-state index contributed by atoms with van der Waals surface area (Å²) in [6.45, 7) is 5.70. The molecule has 4 nitrogen and oxygen atoms in total. The summed E-state index contributed by atoms with van der Waals surface area (Å²) in [7, 11) is 0. The maximum absolute atomic E-state index is 12.1. The second kappa shape index (κ2) is 9.39. The zero-order valence-electron chi connectivity index (χ0n) is 15.6. The van der Waals surface area contributed by atoms with Crippen LogP contribution in [0, 0.1) is 5.92 Å². The zero-order valence-corrected chi connectivity index (χ0v) is 15.6. The highest BCUT2D eigenvalue weighted by atomic mass is 16.1. The number of amides is 1. The lowest BCUT2D eigenvalue weighted by molar-refractivity contribution is -0.115. The van der Waals surface area contributed by atoms with Gasteiger partial charge in [-0.25, -0.2) is 0 Å². The van der Waals surface area contributed by atoms with Gasteiger partial charge in [-0.05, 0) is 61.6 Å². The molecule has 2 N–H and O–H groups in total. The van der Waals surface area contributed by atoms with Gasteiger partial charge in [0.05, 0.1) is 6.54 Å². The van der Waals surface area contributed by atoms with E-state index in [9.17, 15) is 4.79 Å². The Balaban J connectivity index is 1.38. The van der Waals surface area contributed by atoms with Crippen molar-refractivity contribution in [2.24, 2.45) is 5.92 Å². The van der Waals surface area contributed by atoms with Gasteiger partial charge < -0.3 is 15.5 Å². The van der Waals surface area contributed by atoms with Crippen molar-refractivity contribution in [3.63, 3.8) is 0 Å². The van der Waals surface area contributed by atoms with Gasteiger partial charge in [-0.2, -0.15) is 0 Å². The molecule has 0 spiro atoms. The predicted octanol–water partition coefficient (Wildman–Crippen LogP) is 3.69. The number of rotatable bonds is 7. The second-order valence-corrected chi connectivity index (χ2v) is 7.18. The van der Waals surface area contributed by atoms with Gasteiger partial charge in [0.1, 0.15) is 0 Å². The molecule has 0 unspecified atom stereocenters. The van der Waals surface area contributed by atoms with Gasteiger partial charge in [-0.1, -0.05) is 37.3 Å². The summed E-state index contributed by atoms with van der Waals surface area (Å²) in [6.07, 6.45) is 3.44. The molecule has 1 saturated heterocycles. The highest BCUT2D eigenvalue weighted by Gasteiger charge is 2.15. The molecule has 0 aromatic heterocycles. The summed E-state index contributed by atoms with van der Waals surface area (Å²) < 4.78 is 0. The molecule has 2 aromatic rings. The van der Waals surface area contributed by atoms with Crippen LogP contribution in [0.1, 0.15) is 25.3 Å². The van der Waals surface area contributed by atoms with Crippen LogP contribution in [0.3, 0.4) is 0 Å². The van der Waals surface area contributed by atoms with Crippen LogP contribution in [0.4, 0.5) is 11.4 Å². The van der Waals surface area contributed by atoms with Gasteiger partial charge in [0.15, 0.2) is 0 Å². The number of hydrogen-bond donors (Lipinski definition) is 2. The Kier molecular flexibility index (Phi) is 6.67. The number of carbonyl (C=O) groups is 1. The number of anilines is 2. The van der Waals surface area contributed by atoms with Crippen molar-refractivity contribution in [2.45, 2.75) is 26.2 Å². The first kappa shape index (κ1) is 18.5. The summed E-state index contributed by atoms with van der Waals surface area (Å²) in [6, 6.07) is 18.5. The Morgan fingerprint density at radius 2 is 1.73 bits per heavy atom. The van der Waals surface area contributed by atoms with E-state index in [0.717, 1.165) is 37.7 Å². The van der Waals surface area contributed by atoms with Gasteiger partial charge in [0, 0.05) is 24.5 Å². The molecule has 1 aliphatic rings. The minimum absolute atomic E-state index is 0.00221. The average molecular weight is 351 g/mol. The molecule has 2 aromatic carbocycles. The van der Waals surface area contributed by atoms with Crippen LogP contribution in [0.2, 0.25) is 0 Å². The van der Waals surface area contributed by atoms with Gasteiger partial charge in [0.25, 0.3) is 0 Å². The van der Waals surface area contributed by atoms with E-state index in [4.69, 9.17) is 0 Å². The molecule has 0 bridgehead atoms. The lowest BCUT2D eigenvalue weighted by Gasteiger charge is -2.32. The molecule has 0 aliphatic carbocycles. The molecule has 0 saturated carbocycles. The SMILES string of the molecule is CC1CCN(c2ccc(NC(=O)CNCCc3ccccc3)cc2)CC1. The second-order valence-electron chi connectivity index (χ2n) is 7.18. The van der Waals surface area contributed by atoms with Crippen LogP contribution < -0.4 is 15.5 Å². The van der Waals surface area contributed by atoms with E-state index in [1.54, 1.807) is 0 Å². The Labute approximate surface area is 156 Å². The molecule has 1 aliphatic heterocycles. The molecule has 3 rings (SSSR count). The van der Waals surface area contributed by atoms with Crippen LogP contribution in [0.25, 0.3) is 0 Å². The van der Waals surface area contributed by atoms with Crippen molar-refractivity contribution in [3.8, 4) is 0 Å². The van der Waals surface area contributed by atoms with Gasteiger partial charge >= 0.3 is 0 Å². The van der Waals surface area contributed by atoms with Crippen molar-refractivity contribution < 1.29 is 4.79 Å². The largest absolute Gasteiger partial charge is 0.372 e. The number of nitrogens with one attached hydrogen (secondary N) is 2. The van der Waals surface area contributed by atoms with Crippen molar-refractivity contribution in [3.05, 3.63) is 60.2 Å². The fourth-order valence-electron chi connectivity index (χ4n) is 3.31. The standard InChI is InChI=1S/C22H29N3O/c1-18-12-15-25(16-13-18)21-9-7-20(8-10-21)24-22(26)17-23-14-11-19-5-3-2-4-6-19/h2-10,18,23H,11-17H2,1H3,(H,24,26). The first-order valence-corrected chi connectivity index (χ1v) is 9.60. The third kappa shape index (κ3) is 5.60. The lowest BCUT2D eigenvalue weighted by atomic mass is 9.99. The third-order valence-corrected chi connectivity index (χ3v) is 5.02. The summed E-state index contributed by atoms with van der Waals surface area (Å²) in [5.41, 5.74) is 3.38. The van der Waals surface area contributed by atoms with E-state index in [0.29, 0.717) is 6.54 Å². The minimum atomic E-state index is -0.00221. The monoisotopic (exact) mass is 351 g/mol. The Morgan fingerprint density at radius 3 is 2.42 bits per heavy atom. The number of carbonyl (C=O) groups excluding carboxylic acids is 1. The fraction of sp³-hybridized carbons (Fsp3) is 0.409. The van der Waals surface area contributed by atoms with Crippen LogP contribution in [0.5, 0.6) is 0 Å². The number of hydrogen-bond acceptors (Lipinski definition) is 3. The van der Waals surface area contributed by atoms with E-state index in [1.165, 1.54) is 24.1 Å². The maximum Gasteiger partial charge on any atom is 0.238 e. The van der Waals surface area contributed by atoms with Crippen LogP contribution in [-0.4, -0.2) is 32.1 Å². The third-order valence-electron chi connectivity index (χ3n) is 5.02. The topological polar surface area (TPSA) is 44.4 Å². The maximum atomic E-state index is 12.1. The molecule has 1 amide bonds. The molecular formula is C22H29N3O. The lowest BCUT2D eigenvalue weighted by Crippen LogP contribution is -2.32. The summed E-state index contributed by atoms with van der Waals surface area (Å²) in [5.74, 6) is 0.830. The van der Waals surface area contributed by atoms with Crippen LogP contribution in [-0.2, 0) is 11.2 Å². The molecule has 1 heterocycles. The molecule has 138 valence electrons. The van der Waals surface area contributed by atoms with E-state index in [2.05, 4.69) is 46.7 Å². The predicted molar refractivity (Wildman–Crippen MR) is 109 cm³/mol. The average Bonchev–Trinajstić information content (AvgIpc) is 2.67. The normalized spacial score (nSPS) is 15.0. The van der Waals surface area contributed by atoms with Crippen LogP contribution in [0.15, 0.2) is 54.6 Å². The van der Waals surface area contributed by atoms with E-state index >= 15 is 0 Å². The smallest absolute Gasteiger partial charge is 0.238 e. The molecule has 1 fully saturated rings. The molecular weight excluding hydrogens is 322 g/mol. The van der Waals surface area contributed by atoms with Gasteiger partial charge in [0.2, 0.25) is 5.91 Å². The van der Waals surface area contributed by atoms with E-state index in [-0.39, 0.29) is 5.91 Å².